The number of hydrogen-bond donors (Lipinski definition) is 3. The van der Waals surface area contributed by atoms with Crippen LogP contribution in [0.4, 0.5) is 5.69 Å². The third-order valence-corrected chi connectivity index (χ3v) is 3.85. The zero-order valence-corrected chi connectivity index (χ0v) is 13.2. The molecule has 5 nitrogen and oxygen atoms in total. The minimum atomic E-state index is -1.83. The molecule has 23 heavy (non-hydrogen) atoms. The molecular weight excluding hydrogens is 314 g/mol. The number of phenolic OH excluding ortho intramolecular Hbond substituents is 2. The lowest BCUT2D eigenvalue weighted by Crippen LogP contribution is -2.09. The summed E-state index contributed by atoms with van der Waals surface area (Å²) in [6, 6.07) is 10.6. The van der Waals surface area contributed by atoms with Gasteiger partial charge in [0.05, 0.1) is 12.3 Å². The topological polar surface area (TPSA) is 78.8 Å². The highest BCUT2D eigenvalue weighted by molar-refractivity contribution is 7.81. The molecule has 2 aromatic rings. The number of rotatable bonds is 7. The van der Waals surface area contributed by atoms with Gasteiger partial charge in [0.1, 0.15) is 0 Å². The summed E-state index contributed by atoms with van der Waals surface area (Å²) in [6.45, 7) is 7.40. The van der Waals surface area contributed by atoms with Crippen LogP contribution in [0.2, 0.25) is 0 Å². The molecule has 0 fully saturated rings. The first-order valence-electron chi connectivity index (χ1n) is 6.76. The van der Waals surface area contributed by atoms with Crippen LogP contribution in [0.5, 0.6) is 11.5 Å². The molecule has 6 heteroatoms. The maximum atomic E-state index is 12.0. The fourth-order valence-corrected chi connectivity index (χ4v) is 2.67. The molecule has 0 spiro atoms. The maximum absolute atomic E-state index is 12.0. The predicted molar refractivity (Wildman–Crippen MR) is 92.9 cm³/mol. The predicted octanol–water partition coefficient (Wildman–Crippen LogP) is 3.59. The second-order valence-corrected chi connectivity index (χ2v) is 5.52. The Kier molecular flexibility index (Phi) is 5.56. The van der Waals surface area contributed by atoms with Crippen molar-refractivity contribution in [1.82, 2.24) is 0 Å². The van der Waals surface area contributed by atoms with Crippen LogP contribution < -0.4 is 4.72 Å². The lowest BCUT2D eigenvalue weighted by atomic mass is 10.0. The van der Waals surface area contributed by atoms with E-state index in [0.717, 1.165) is 5.56 Å². The fraction of sp³-hybridized carbons (Fsp3) is 0.0588. The normalized spacial score (nSPS) is 11.7. The molecule has 2 rings (SSSR count). The second-order valence-electron chi connectivity index (χ2n) is 4.61. The highest BCUT2D eigenvalue weighted by Gasteiger charge is 2.15. The van der Waals surface area contributed by atoms with Crippen molar-refractivity contribution in [2.45, 2.75) is 6.61 Å². The van der Waals surface area contributed by atoms with Gasteiger partial charge in [-0.3, -0.25) is 8.91 Å². The fourth-order valence-electron chi connectivity index (χ4n) is 2.02. The molecule has 0 saturated carbocycles. The van der Waals surface area contributed by atoms with Crippen molar-refractivity contribution in [2.75, 3.05) is 4.72 Å². The molecule has 1 atom stereocenters. The van der Waals surface area contributed by atoms with Crippen molar-refractivity contribution in [3.05, 3.63) is 66.2 Å². The summed E-state index contributed by atoms with van der Waals surface area (Å²) in [5, 5.41) is 19.6. The number of anilines is 1. The first kappa shape index (κ1) is 16.8. The lowest BCUT2D eigenvalue weighted by molar-refractivity contribution is 0.340. The third kappa shape index (κ3) is 4.00. The SMILES string of the molecule is C=Cc1c(N[S@](=O)OCc2ccccc2)cc(O)c(O)c1C=C. The van der Waals surface area contributed by atoms with E-state index in [2.05, 4.69) is 17.9 Å². The Hall–Kier alpha value is -2.57. The molecular formula is C17H17NO4S. The Morgan fingerprint density at radius 1 is 1.13 bits per heavy atom. The van der Waals surface area contributed by atoms with E-state index in [1.54, 1.807) is 0 Å². The van der Waals surface area contributed by atoms with Gasteiger partial charge in [-0.15, -0.1) is 0 Å². The van der Waals surface area contributed by atoms with Gasteiger partial charge in [0.2, 0.25) is 0 Å². The first-order chi connectivity index (χ1) is 11.1. The maximum Gasteiger partial charge on any atom is 0.262 e. The van der Waals surface area contributed by atoms with Gasteiger partial charge >= 0.3 is 0 Å². The molecule has 0 aromatic heterocycles. The summed E-state index contributed by atoms with van der Waals surface area (Å²) in [4.78, 5) is 0. The molecule has 2 aromatic carbocycles. The van der Waals surface area contributed by atoms with Crippen LogP contribution in [0.25, 0.3) is 12.2 Å². The quantitative estimate of drug-likeness (QED) is 0.535. The monoisotopic (exact) mass is 331 g/mol. The Balaban J connectivity index is 2.16. The van der Waals surface area contributed by atoms with E-state index in [1.807, 2.05) is 30.3 Å². The molecule has 0 heterocycles. The number of nitrogens with one attached hydrogen (secondary N) is 1. The summed E-state index contributed by atoms with van der Waals surface area (Å²) in [6.07, 6.45) is 2.85. The minimum Gasteiger partial charge on any atom is -0.504 e. The first-order valence-corrected chi connectivity index (χ1v) is 7.83. The second kappa shape index (κ2) is 7.62. The summed E-state index contributed by atoms with van der Waals surface area (Å²) >= 11 is -1.83. The van der Waals surface area contributed by atoms with Crippen LogP contribution >= 0.6 is 0 Å². The van der Waals surface area contributed by atoms with Crippen LogP contribution in [0.3, 0.4) is 0 Å². The molecule has 0 unspecified atom stereocenters. The van der Waals surface area contributed by atoms with E-state index in [4.69, 9.17) is 4.18 Å². The standard InChI is InChI=1S/C17H17NO4S/c1-3-13-14(4-2)17(20)16(19)10-15(13)18-23(21)22-11-12-8-6-5-7-9-12/h3-10,18-20H,1-2,11H2/t23-/m1/s1. The van der Waals surface area contributed by atoms with E-state index in [1.165, 1.54) is 18.2 Å². The van der Waals surface area contributed by atoms with Gasteiger partial charge in [-0.1, -0.05) is 55.6 Å². The van der Waals surface area contributed by atoms with Crippen molar-refractivity contribution in [3.8, 4) is 11.5 Å². The number of phenols is 2. The molecule has 0 aliphatic rings. The van der Waals surface area contributed by atoms with Crippen molar-refractivity contribution in [1.29, 1.82) is 0 Å². The Morgan fingerprint density at radius 2 is 1.78 bits per heavy atom. The van der Waals surface area contributed by atoms with Crippen LogP contribution in [-0.2, 0) is 22.1 Å². The van der Waals surface area contributed by atoms with E-state index in [9.17, 15) is 14.4 Å². The lowest BCUT2D eigenvalue weighted by Gasteiger charge is -2.14. The zero-order chi connectivity index (χ0) is 16.8. The largest absolute Gasteiger partial charge is 0.504 e. The van der Waals surface area contributed by atoms with Crippen molar-refractivity contribution in [2.24, 2.45) is 0 Å². The smallest absolute Gasteiger partial charge is 0.262 e. The van der Waals surface area contributed by atoms with E-state index >= 15 is 0 Å². The molecule has 0 saturated heterocycles. The average molecular weight is 331 g/mol. The molecule has 0 bridgehead atoms. The Labute approximate surface area is 137 Å². The minimum absolute atomic E-state index is 0.169. The van der Waals surface area contributed by atoms with Crippen molar-refractivity contribution in [3.63, 3.8) is 0 Å². The van der Waals surface area contributed by atoms with Crippen LogP contribution in [0.1, 0.15) is 16.7 Å². The van der Waals surface area contributed by atoms with Crippen LogP contribution in [0, 0.1) is 0 Å². The highest BCUT2D eigenvalue weighted by Crippen LogP contribution is 2.38. The van der Waals surface area contributed by atoms with Crippen molar-refractivity contribution >= 4 is 29.1 Å². The molecule has 0 aliphatic heterocycles. The van der Waals surface area contributed by atoms with Gasteiger partial charge < -0.3 is 10.2 Å². The summed E-state index contributed by atoms with van der Waals surface area (Å²) in [5.41, 5.74) is 1.96. The van der Waals surface area contributed by atoms with Gasteiger partial charge in [0.15, 0.2) is 11.5 Å². The van der Waals surface area contributed by atoms with E-state index in [0.29, 0.717) is 16.8 Å². The summed E-state index contributed by atoms with van der Waals surface area (Å²) < 4.78 is 19.9. The van der Waals surface area contributed by atoms with Gasteiger partial charge in [0, 0.05) is 17.2 Å². The molecule has 0 aliphatic carbocycles. The summed E-state index contributed by atoms with van der Waals surface area (Å²) in [7, 11) is 0. The van der Waals surface area contributed by atoms with Crippen LogP contribution in [-0.4, -0.2) is 14.4 Å². The highest BCUT2D eigenvalue weighted by atomic mass is 32.2. The van der Waals surface area contributed by atoms with Gasteiger partial charge in [-0.2, -0.15) is 0 Å². The van der Waals surface area contributed by atoms with E-state index in [-0.39, 0.29) is 18.1 Å². The molecule has 120 valence electrons. The molecule has 3 N–H and O–H groups in total. The van der Waals surface area contributed by atoms with E-state index < -0.39 is 11.3 Å². The number of aromatic hydroxyl groups is 2. The zero-order valence-electron chi connectivity index (χ0n) is 12.4. The van der Waals surface area contributed by atoms with Gasteiger partial charge in [-0.05, 0) is 5.56 Å². The Morgan fingerprint density at radius 3 is 2.39 bits per heavy atom. The summed E-state index contributed by atoms with van der Waals surface area (Å²) in [5.74, 6) is -0.663. The Bertz CT molecular complexity index is 744. The van der Waals surface area contributed by atoms with Gasteiger partial charge in [-0.25, -0.2) is 4.21 Å². The average Bonchev–Trinajstić information content (AvgIpc) is 2.56. The van der Waals surface area contributed by atoms with Gasteiger partial charge in [0.25, 0.3) is 11.3 Å². The third-order valence-electron chi connectivity index (χ3n) is 3.14. The van der Waals surface area contributed by atoms with Crippen molar-refractivity contribution < 1.29 is 18.6 Å². The number of hydrogen-bond acceptors (Lipinski definition) is 4. The van der Waals surface area contributed by atoms with Crippen LogP contribution in [0.15, 0.2) is 49.6 Å². The number of benzene rings is 2. The molecule has 0 amide bonds. The molecule has 0 radical (unpaired) electrons.